The standard InChI is InChI=1S/C7H7N3OS/c1-12-7-9-5-4(2-3-8-5)6(11)10-7/h2-3,5H,1H3,(H,9,10,11). The molecule has 0 aromatic carbocycles. The van der Waals surface area contributed by atoms with Crippen molar-refractivity contribution in [1.29, 1.82) is 0 Å². The second-order valence-corrected chi connectivity index (χ2v) is 3.18. The Morgan fingerprint density at radius 2 is 2.50 bits per heavy atom. The topological polar surface area (TPSA) is 53.8 Å². The molecule has 1 atom stereocenters. The fourth-order valence-electron chi connectivity index (χ4n) is 1.08. The average Bonchev–Trinajstić information content (AvgIpc) is 2.52. The third-order valence-electron chi connectivity index (χ3n) is 1.68. The van der Waals surface area contributed by atoms with Crippen molar-refractivity contribution in [3.05, 3.63) is 11.6 Å². The van der Waals surface area contributed by atoms with Gasteiger partial charge in [-0.1, -0.05) is 11.8 Å². The highest BCUT2D eigenvalue weighted by Gasteiger charge is 2.27. The molecule has 2 aliphatic rings. The summed E-state index contributed by atoms with van der Waals surface area (Å²) in [5, 5.41) is 3.30. The summed E-state index contributed by atoms with van der Waals surface area (Å²) in [5.41, 5.74) is 0.632. The molecule has 2 heterocycles. The fraction of sp³-hybridized carbons (Fsp3) is 0.286. The van der Waals surface area contributed by atoms with Gasteiger partial charge in [0.2, 0.25) is 0 Å². The lowest BCUT2D eigenvalue weighted by Crippen LogP contribution is -2.37. The van der Waals surface area contributed by atoms with E-state index in [0.29, 0.717) is 10.7 Å². The Morgan fingerprint density at radius 1 is 1.67 bits per heavy atom. The molecule has 0 saturated carbocycles. The van der Waals surface area contributed by atoms with E-state index < -0.39 is 0 Å². The summed E-state index contributed by atoms with van der Waals surface area (Å²) in [4.78, 5) is 19.5. The van der Waals surface area contributed by atoms with Crippen LogP contribution in [0.3, 0.4) is 0 Å². The number of fused-ring (bicyclic) bond motifs is 1. The Balaban J connectivity index is 2.34. The van der Waals surface area contributed by atoms with Crippen molar-refractivity contribution in [3.8, 4) is 0 Å². The van der Waals surface area contributed by atoms with Crippen molar-refractivity contribution in [2.45, 2.75) is 6.17 Å². The molecule has 5 heteroatoms. The van der Waals surface area contributed by atoms with E-state index in [1.807, 2.05) is 6.26 Å². The highest BCUT2D eigenvalue weighted by atomic mass is 32.2. The molecule has 12 heavy (non-hydrogen) atoms. The third-order valence-corrected chi connectivity index (χ3v) is 2.27. The Hall–Kier alpha value is -1.10. The summed E-state index contributed by atoms with van der Waals surface area (Å²) in [6.45, 7) is 0. The normalized spacial score (nSPS) is 26.1. The number of nitrogens with one attached hydrogen (secondary N) is 1. The number of hydrogen-bond acceptors (Lipinski definition) is 4. The molecule has 2 aliphatic heterocycles. The molecule has 0 spiro atoms. The molecule has 0 radical (unpaired) electrons. The molecule has 4 nitrogen and oxygen atoms in total. The van der Waals surface area contributed by atoms with Gasteiger partial charge in [0.05, 0.1) is 5.57 Å². The number of amidine groups is 1. The first kappa shape index (κ1) is 7.54. The summed E-state index contributed by atoms with van der Waals surface area (Å²) in [7, 11) is 0. The van der Waals surface area contributed by atoms with Gasteiger partial charge in [-0.25, -0.2) is 4.99 Å². The maximum atomic E-state index is 11.3. The molecule has 0 fully saturated rings. The van der Waals surface area contributed by atoms with Gasteiger partial charge in [-0.05, 0) is 12.3 Å². The van der Waals surface area contributed by atoms with E-state index in [0.717, 1.165) is 0 Å². The van der Waals surface area contributed by atoms with Crippen molar-refractivity contribution < 1.29 is 4.79 Å². The SMILES string of the molecule is CSC1=NC2N=CC=C2C(=O)N1. The first-order chi connectivity index (χ1) is 5.81. The number of carbonyl (C=O) groups excluding carboxylic acids is 1. The number of aliphatic imine (C=N–C) groups is 2. The van der Waals surface area contributed by atoms with Gasteiger partial charge in [-0.3, -0.25) is 9.79 Å². The van der Waals surface area contributed by atoms with E-state index >= 15 is 0 Å². The first-order valence-electron chi connectivity index (χ1n) is 3.48. The molecule has 1 unspecified atom stereocenters. The number of hydrogen-bond donors (Lipinski definition) is 1. The smallest absolute Gasteiger partial charge is 0.257 e. The van der Waals surface area contributed by atoms with Crippen LogP contribution in [0.4, 0.5) is 0 Å². The van der Waals surface area contributed by atoms with Crippen molar-refractivity contribution in [2.75, 3.05) is 6.26 Å². The van der Waals surface area contributed by atoms with E-state index in [1.165, 1.54) is 11.8 Å². The van der Waals surface area contributed by atoms with Crippen LogP contribution in [0.1, 0.15) is 0 Å². The summed E-state index contributed by atoms with van der Waals surface area (Å²) in [6.07, 6.45) is 4.89. The fourth-order valence-corrected chi connectivity index (χ4v) is 1.48. The van der Waals surface area contributed by atoms with Crippen LogP contribution in [0, 0.1) is 0 Å². The lowest BCUT2D eigenvalue weighted by Gasteiger charge is -2.16. The molecule has 0 aromatic heterocycles. The van der Waals surface area contributed by atoms with E-state index in [-0.39, 0.29) is 12.1 Å². The highest BCUT2D eigenvalue weighted by Crippen LogP contribution is 2.18. The second kappa shape index (κ2) is 2.75. The van der Waals surface area contributed by atoms with Gasteiger partial charge < -0.3 is 5.32 Å². The third kappa shape index (κ3) is 1.06. The van der Waals surface area contributed by atoms with Crippen molar-refractivity contribution in [2.24, 2.45) is 9.98 Å². The van der Waals surface area contributed by atoms with Gasteiger partial charge >= 0.3 is 0 Å². The molecule has 1 amide bonds. The number of nitrogens with zero attached hydrogens (tertiary/aromatic N) is 2. The van der Waals surface area contributed by atoms with Gasteiger partial charge in [0.15, 0.2) is 11.3 Å². The van der Waals surface area contributed by atoms with Crippen LogP contribution in [-0.2, 0) is 4.79 Å². The zero-order chi connectivity index (χ0) is 8.55. The number of thioether (sulfide) groups is 1. The molecule has 0 saturated heterocycles. The van der Waals surface area contributed by atoms with E-state index in [2.05, 4.69) is 15.3 Å². The summed E-state index contributed by atoms with van der Waals surface area (Å²) in [5.74, 6) is -0.0862. The molecule has 0 aromatic rings. The minimum Gasteiger partial charge on any atom is -0.301 e. The lowest BCUT2D eigenvalue weighted by molar-refractivity contribution is -0.116. The summed E-state index contributed by atoms with van der Waals surface area (Å²) >= 11 is 1.42. The van der Waals surface area contributed by atoms with Crippen LogP contribution in [0.25, 0.3) is 0 Å². The Kier molecular flexibility index (Phi) is 1.73. The lowest BCUT2D eigenvalue weighted by atomic mass is 10.2. The van der Waals surface area contributed by atoms with Gasteiger partial charge in [0.25, 0.3) is 5.91 Å². The molecule has 62 valence electrons. The van der Waals surface area contributed by atoms with Crippen LogP contribution in [0.2, 0.25) is 0 Å². The quantitative estimate of drug-likeness (QED) is 0.579. The maximum absolute atomic E-state index is 11.3. The molecule has 1 N–H and O–H groups in total. The van der Waals surface area contributed by atoms with E-state index in [9.17, 15) is 4.79 Å². The predicted octanol–water partition coefficient (Wildman–Crippen LogP) is 0.172. The summed E-state index contributed by atoms with van der Waals surface area (Å²) < 4.78 is 0. The monoisotopic (exact) mass is 181 g/mol. The highest BCUT2D eigenvalue weighted by molar-refractivity contribution is 8.13. The van der Waals surface area contributed by atoms with Crippen molar-refractivity contribution >= 4 is 29.1 Å². The minimum atomic E-state index is -0.291. The Labute approximate surface area is 73.9 Å². The summed E-state index contributed by atoms with van der Waals surface area (Å²) in [6, 6.07) is 0. The zero-order valence-electron chi connectivity index (χ0n) is 6.44. The van der Waals surface area contributed by atoms with Gasteiger partial charge in [-0.15, -0.1) is 0 Å². The van der Waals surface area contributed by atoms with Crippen LogP contribution in [0.15, 0.2) is 21.6 Å². The zero-order valence-corrected chi connectivity index (χ0v) is 7.26. The molecule has 0 aliphatic carbocycles. The number of carbonyl (C=O) groups is 1. The Morgan fingerprint density at radius 3 is 3.25 bits per heavy atom. The second-order valence-electron chi connectivity index (χ2n) is 2.39. The van der Waals surface area contributed by atoms with Crippen molar-refractivity contribution in [3.63, 3.8) is 0 Å². The van der Waals surface area contributed by atoms with Crippen LogP contribution in [0.5, 0.6) is 0 Å². The molecular weight excluding hydrogens is 174 g/mol. The first-order valence-corrected chi connectivity index (χ1v) is 4.70. The van der Waals surface area contributed by atoms with Crippen molar-refractivity contribution in [1.82, 2.24) is 5.32 Å². The molecule has 0 bridgehead atoms. The number of allylic oxidation sites excluding steroid dienone is 1. The minimum absolute atomic E-state index is 0.0862. The van der Waals surface area contributed by atoms with Gasteiger partial charge in [0.1, 0.15) is 0 Å². The van der Waals surface area contributed by atoms with Gasteiger partial charge in [0, 0.05) is 6.21 Å². The maximum Gasteiger partial charge on any atom is 0.257 e. The number of rotatable bonds is 0. The average molecular weight is 181 g/mol. The van der Waals surface area contributed by atoms with Crippen LogP contribution < -0.4 is 5.32 Å². The van der Waals surface area contributed by atoms with E-state index in [4.69, 9.17) is 0 Å². The van der Waals surface area contributed by atoms with Crippen LogP contribution >= 0.6 is 11.8 Å². The van der Waals surface area contributed by atoms with Crippen LogP contribution in [-0.4, -0.2) is 29.7 Å². The molecule has 2 rings (SSSR count). The van der Waals surface area contributed by atoms with Gasteiger partial charge in [-0.2, -0.15) is 0 Å². The number of amides is 1. The van der Waals surface area contributed by atoms with E-state index in [1.54, 1.807) is 12.3 Å². The largest absolute Gasteiger partial charge is 0.301 e. The molecular formula is C7H7N3OS. The Bertz CT molecular complexity index is 319. The predicted molar refractivity (Wildman–Crippen MR) is 49.5 cm³/mol.